The third-order valence-electron chi connectivity index (χ3n) is 3.03. The molecule has 2 heterocycles. The summed E-state index contributed by atoms with van der Waals surface area (Å²) in [6, 6.07) is 12.0. The zero-order valence-electron chi connectivity index (χ0n) is 10.9. The number of benzene rings is 1. The van der Waals surface area contributed by atoms with E-state index in [4.69, 9.17) is 0 Å². The highest BCUT2D eigenvalue weighted by molar-refractivity contribution is 5.80. The lowest BCUT2D eigenvalue weighted by Gasteiger charge is -2.04. The fourth-order valence-corrected chi connectivity index (χ4v) is 2.14. The molecule has 0 unspecified atom stereocenters. The molecule has 0 amide bonds. The zero-order valence-corrected chi connectivity index (χ0v) is 10.9. The fraction of sp³-hybridized carbons (Fsp3) is 0.133. The number of aromatic nitrogens is 4. The summed E-state index contributed by atoms with van der Waals surface area (Å²) in [6.07, 6.45) is 1.78. The zero-order chi connectivity index (χ0) is 13.2. The predicted molar refractivity (Wildman–Crippen MR) is 74.5 cm³/mol. The van der Waals surface area contributed by atoms with Gasteiger partial charge in [-0.2, -0.15) is 5.10 Å². The van der Waals surface area contributed by atoms with E-state index in [2.05, 4.69) is 20.2 Å². The molecule has 3 rings (SSSR count). The van der Waals surface area contributed by atoms with Crippen LogP contribution in [0.3, 0.4) is 0 Å². The third-order valence-corrected chi connectivity index (χ3v) is 3.03. The van der Waals surface area contributed by atoms with Crippen molar-refractivity contribution in [3.05, 3.63) is 54.1 Å². The molecule has 0 atom stereocenters. The van der Waals surface area contributed by atoms with Crippen LogP contribution in [-0.4, -0.2) is 20.2 Å². The van der Waals surface area contributed by atoms with Gasteiger partial charge in [-0.1, -0.05) is 30.3 Å². The van der Waals surface area contributed by atoms with Gasteiger partial charge in [0.1, 0.15) is 11.5 Å². The van der Waals surface area contributed by atoms with Crippen molar-refractivity contribution in [2.24, 2.45) is 0 Å². The van der Waals surface area contributed by atoms with Crippen molar-refractivity contribution >= 4 is 0 Å². The molecule has 4 nitrogen and oxygen atoms in total. The molecular weight excluding hydrogens is 236 g/mol. The largest absolute Gasteiger partial charge is 0.282 e. The predicted octanol–water partition coefficient (Wildman–Crippen LogP) is 3.15. The minimum atomic E-state index is 0.761. The molecule has 1 N–H and O–H groups in total. The van der Waals surface area contributed by atoms with Crippen LogP contribution in [0.1, 0.15) is 11.5 Å². The number of nitrogens with one attached hydrogen (secondary N) is 1. The summed E-state index contributed by atoms with van der Waals surface area (Å²) in [6.45, 7) is 3.90. The van der Waals surface area contributed by atoms with E-state index in [-0.39, 0.29) is 0 Å². The highest BCUT2D eigenvalue weighted by Crippen LogP contribution is 2.31. The van der Waals surface area contributed by atoms with Crippen molar-refractivity contribution in [2.45, 2.75) is 13.8 Å². The molecule has 19 heavy (non-hydrogen) atoms. The number of hydrogen-bond acceptors (Lipinski definition) is 3. The molecule has 3 aromatic rings. The SMILES string of the molecule is Cc1nccc(-c2c(-c3ccccc3)n[nH]c2C)n1. The van der Waals surface area contributed by atoms with Crippen LogP contribution in [0.15, 0.2) is 42.6 Å². The molecule has 0 bridgehead atoms. The monoisotopic (exact) mass is 250 g/mol. The number of nitrogens with zero attached hydrogens (tertiary/aromatic N) is 3. The van der Waals surface area contributed by atoms with Gasteiger partial charge in [-0.3, -0.25) is 5.10 Å². The van der Waals surface area contributed by atoms with E-state index in [1.807, 2.05) is 50.2 Å². The first-order chi connectivity index (χ1) is 9.25. The van der Waals surface area contributed by atoms with Crippen LogP contribution in [0.2, 0.25) is 0 Å². The van der Waals surface area contributed by atoms with E-state index in [1.165, 1.54) is 0 Å². The van der Waals surface area contributed by atoms with Crippen LogP contribution in [0.4, 0.5) is 0 Å². The molecule has 0 aliphatic heterocycles. The molecule has 4 heteroatoms. The average molecular weight is 250 g/mol. The van der Waals surface area contributed by atoms with Crippen LogP contribution < -0.4 is 0 Å². The number of aromatic amines is 1. The number of H-pyrrole nitrogens is 1. The maximum atomic E-state index is 4.49. The van der Waals surface area contributed by atoms with Gasteiger partial charge in [0, 0.05) is 23.0 Å². The van der Waals surface area contributed by atoms with Gasteiger partial charge in [-0.15, -0.1) is 0 Å². The van der Waals surface area contributed by atoms with Crippen LogP contribution in [0.5, 0.6) is 0 Å². The first kappa shape index (κ1) is 11.6. The summed E-state index contributed by atoms with van der Waals surface area (Å²) in [5.41, 5.74) is 4.96. The van der Waals surface area contributed by atoms with Crippen molar-refractivity contribution in [1.82, 2.24) is 20.2 Å². The Balaban J connectivity index is 2.20. The summed E-state index contributed by atoms with van der Waals surface area (Å²) < 4.78 is 0. The second-order valence-corrected chi connectivity index (χ2v) is 4.43. The molecule has 0 aliphatic rings. The minimum Gasteiger partial charge on any atom is -0.282 e. The standard InChI is InChI=1S/C15H14N4/c1-10-14(13-8-9-16-11(2)17-13)15(19-18-10)12-6-4-3-5-7-12/h3-9H,1-2H3,(H,18,19). The maximum absolute atomic E-state index is 4.49. The van der Waals surface area contributed by atoms with Crippen LogP contribution in [-0.2, 0) is 0 Å². The van der Waals surface area contributed by atoms with Gasteiger partial charge >= 0.3 is 0 Å². The lowest BCUT2D eigenvalue weighted by molar-refractivity contribution is 1.04. The summed E-state index contributed by atoms with van der Waals surface area (Å²) in [7, 11) is 0. The molecule has 0 radical (unpaired) electrons. The van der Waals surface area contributed by atoms with Gasteiger partial charge in [0.15, 0.2) is 0 Å². The smallest absolute Gasteiger partial charge is 0.125 e. The molecule has 2 aromatic heterocycles. The molecular formula is C15H14N4. The third kappa shape index (κ3) is 2.12. The molecule has 0 saturated heterocycles. The van der Waals surface area contributed by atoms with E-state index in [0.717, 1.165) is 34.0 Å². The molecule has 1 aromatic carbocycles. The number of hydrogen-bond donors (Lipinski definition) is 1. The van der Waals surface area contributed by atoms with Crippen LogP contribution >= 0.6 is 0 Å². The van der Waals surface area contributed by atoms with Crippen LogP contribution in [0, 0.1) is 13.8 Å². The highest BCUT2D eigenvalue weighted by atomic mass is 15.1. The second kappa shape index (κ2) is 4.65. The van der Waals surface area contributed by atoms with Crippen molar-refractivity contribution in [3.8, 4) is 22.5 Å². The van der Waals surface area contributed by atoms with E-state index in [0.29, 0.717) is 0 Å². The lowest BCUT2D eigenvalue weighted by Crippen LogP contribution is -1.92. The topological polar surface area (TPSA) is 54.5 Å². The van der Waals surface area contributed by atoms with Crippen molar-refractivity contribution in [3.63, 3.8) is 0 Å². The van der Waals surface area contributed by atoms with Gasteiger partial charge in [0.2, 0.25) is 0 Å². The molecule has 0 aliphatic carbocycles. The first-order valence-corrected chi connectivity index (χ1v) is 6.16. The summed E-state index contributed by atoms with van der Waals surface area (Å²) in [5, 5.41) is 7.45. The van der Waals surface area contributed by atoms with Gasteiger partial charge in [-0.25, -0.2) is 9.97 Å². The quantitative estimate of drug-likeness (QED) is 0.760. The first-order valence-electron chi connectivity index (χ1n) is 6.16. The Labute approximate surface area is 111 Å². The van der Waals surface area contributed by atoms with Gasteiger partial charge in [0.25, 0.3) is 0 Å². The molecule has 94 valence electrons. The highest BCUT2D eigenvalue weighted by Gasteiger charge is 2.15. The van der Waals surface area contributed by atoms with Crippen molar-refractivity contribution < 1.29 is 0 Å². The summed E-state index contributed by atoms with van der Waals surface area (Å²) in [5.74, 6) is 0.761. The fourth-order valence-electron chi connectivity index (χ4n) is 2.14. The van der Waals surface area contributed by atoms with Crippen molar-refractivity contribution in [2.75, 3.05) is 0 Å². The Morgan fingerprint density at radius 3 is 2.53 bits per heavy atom. The Morgan fingerprint density at radius 2 is 1.79 bits per heavy atom. The van der Waals surface area contributed by atoms with E-state index >= 15 is 0 Å². The van der Waals surface area contributed by atoms with Gasteiger partial charge < -0.3 is 0 Å². The maximum Gasteiger partial charge on any atom is 0.125 e. The Hall–Kier alpha value is -2.49. The average Bonchev–Trinajstić information content (AvgIpc) is 2.82. The van der Waals surface area contributed by atoms with Crippen molar-refractivity contribution in [1.29, 1.82) is 0 Å². The molecule has 0 saturated carbocycles. The second-order valence-electron chi connectivity index (χ2n) is 4.43. The van der Waals surface area contributed by atoms with E-state index in [9.17, 15) is 0 Å². The number of rotatable bonds is 2. The lowest BCUT2D eigenvalue weighted by atomic mass is 10.0. The van der Waals surface area contributed by atoms with E-state index in [1.54, 1.807) is 6.20 Å². The van der Waals surface area contributed by atoms with Crippen LogP contribution in [0.25, 0.3) is 22.5 Å². The summed E-state index contributed by atoms with van der Waals surface area (Å²) >= 11 is 0. The van der Waals surface area contributed by atoms with Gasteiger partial charge in [-0.05, 0) is 19.9 Å². The summed E-state index contributed by atoms with van der Waals surface area (Å²) in [4.78, 5) is 8.63. The minimum absolute atomic E-state index is 0.761. The normalized spacial score (nSPS) is 10.6. The van der Waals surface area contributed by atoms with E-state index < -0.39 is 0 Å². The number of aryl methyl sites for hydroxylation is 2. The Kier molecular flexibility index (Phi) is 2.83. The molecule has 0 spiro atoms. The Bertz CT molecular complexity index is 701. The Morgan fingerprint density at radius 1 is 1.00 bits per heavy atom. The molecule has 0 fully saturated rings. The van der Waals surface area contributed by atoms with Gasteiger partial charge in [0.05, 0.1) is 5.69 Å².